The number of fused-ring (bicyclic) bond motifs is 1. The maximum Gasteiger partial charge on any atom is 0.0922 e. The SMILES string of the molecule is CC1SCC(C(O)c2cccc3ccccc23)SC1C. The Morgan fingerprint density at radius 2 is 1.80 bits per heavy atom. The second-order valence-electron chi connectivity index (χ2n) is 5.43. The van der Waals surface area contributed by atoms with Gasteiger partial charge in [-0.2, -0.15) is 23.5 Å². The molecule has 20 heavy (non-hydrogen) atoms. The van der Waals surface area contributed by atoms with E-state index in [9.17, 15) is 5.11 Å². The first-order valence-corrected chi connectivity index (χ1v) is 9.09. The Bertz CT molecular complexity index is 593. The van der Waals surface area contributed by atoms with Crippen LogP contribution in [-0.4, -0.2) is 26.6 Å². The quantitative estimate of drug-likeness (QED) is 0.882. The third kappa shape index (κ3) is 2.72. The molecule has 0 aromatic heterocycles. The first kappa shape index (κ1) is 14.3. The molecule has 1 nitrogen and oxygen atoms in total. The molecular formula is C17H20OS2. The Labute approximate surface area is 129 Å². The summed E-state index contributed by atoms with van der Waals surface area (Å²) < 4.78 is 0. The molecule has 2 aromatic rings. The molecule has 0 aliphatic carbocycles. The molecule has 3 heteroatoms. The molecule has 0 amide bonds. The largest absolute Gasteiger partial charge is 0.387 e. The summed E-state index contributed by atoms with van der Waals surface area (Å²) in [6.45, 7) is 4.55. The number of aliphatic hydroxyl groups is 1. The summed E-state index contributed by atoms with van der Waals surface area (Å²) in [6, 6.07) is 14.5. The Balaban J connectivity index is 1.91. The van der Waals surface area contributed by atoms with Gasteiger partial charge < -0.3 is 5.11 Å². The molecule has 4 unspecified atom stereocenters. The van der Waals surface area contributed by atoms with Crippen LogP contribution in [0.15, 0.2) is 42.5 Å². The van der Waals surface area contributed by atoms with Crippen molar-refractivity contribution in [2.45, 2.75) is 35.7 Å². The summed E-state index contributed by atoms with van der Waals surface area (Å²) in [5.41, 5.74) is 1.07. The van der Waals surface area contributed by atoms with Crippen LogP contribution in [0.3, 0.4) is 0 Å². The lowest BCUT2D eigenvalue weighted by molar-refractivity contribution is 0.181. The zero-order valence-electron chi connectivity index (χ0n) is 11.8. The van der Waals surface area contributed by atoms with Crippen LogP contribution in [0, 0.1) is 0 Å². The first-order chi connectivity index (χ1) is 9.66. The van der Waals surface area contributed by atoms with Gasteiger partial charge in [-0.15, -0.1) is 0 Å². The molecule has 1 heterocycles. The topological polar surface area (TPSA) is 20.2 Å². The van der Waals surface area contributed by atoms with Crippen LogP contribution in [0.1, 0.15) is 25.5 Å². The van der Waals surface area contributed by atoms with Crippen molar-refractivity contribution in [1.82, 2.24) is 0 Å². The number of hydrogen-bond acceptors (Lipinski definition) is 3. The maximum absolute atomic E-state index is 10.8. The summed E-state index contributed by atoms with van der Waals surface area (Å²) in [4.78, 5) is 0. The van der Waals surface area contributed by atoms with Crippen molar-refractivity contribution in [3.8, 4) is 0 Å². The van der Waals surface area contributed by atoms with Gasteiger partial charge in [-0.3, -0.25) is 0 Å². The fourth-order valence-corrected chi connectivity index (χ4v) is 5.67. The highest BCUT2D eigenvalue weighted by Gasteiger charge is 2.31. The second kappa shape index (κ2) is 6.00. The van der Waals surface area contributed by atoms with Gasteiger partial charge in [0.05, 0.1) is 6.10 Å². The minimum atomic E-state index is -0.381. The lowest BCUT2D eigenvalue weighted by Crippen LogP contribution is -2.30. The molecule has 1 saturated heterocycles. The summed E-state index contributed by atoms with van der Waals surface area (Å²) >= 11 is 3.92. The number of benzene rings is 2. The van der Waals surface area contributed by atoms with Crippen LogP contribution < -0.4 is 0 Å². The Morgan fingerprint density at radius 3 is 2.60 bits per heavy atom. The normalized spacial score (nSPS) is 28.4. The Morgan fingerprint density at radius 1 is 1.05 bits per heavy atom. The Hall–Kier alpha value is -0.640. The predicted octanol–water partition coefficient (Wildman–Crippen LogP) is 4.50. The van der Waals surface area contributed by atoms with E-state index in [0.29, 0.717) is 10.5 Å². The average Bonchev–Trinajstić information content (AvgIpc) is 2.49. The van der Waals surface area contributed by atoms with Crippen molar-refractivity contribution in [2.75, 3.05) is 5.75 Å². The predicted molar refractivity (Wildman–Crippen MR) is 91.7 cm³/mol. The zero-order chi connectivity index (χ0) is 14.1. The van der Waals surface area contributed by atoms with Gasteiger partial charge >= 0.3 is 0 Å². The zero-order valence-corrected chi connectivity index (χ0v) is 13.5. The van der Waals surface area contributed by atoms with Crippen molar-refractivity contribution in [3.05, 3.63) is 48.0 Å². The second-order valence-corrected chi connectivity index (χ2v) is 8.46. The van der Waals surface area contributed by atoms with Gasteiger partial charge in [-0.25, -0.2) is 0 Å². The summed E-state index contributed by atoms with van der Waals surface area (Å²) in [6.07, 6.45) is -0.381. The highest BCUT2D eigenvalue weighted by Crippen LogP contribution is 2.42. The number of thioether (sulfide) groups is 2. The van der Waals surface area contributed by atoms with Gasteiger partial charge in [0.15, 0.2) is 0 Å². The first-order valence-electron chi connectivity index (χ1n) is 7.09. The molecule has 0 saturated carbocycles. The third-order valence-electron chi connectivity index (χ3n) is 4.07. The van der Waals surface area contributed by atoms with Crippen LogP contribution in [0.5, 0.6) is 0 Å². The van der Waals surface area contributed by atoms with E-state index in [4.69, 9.17) is 0 Å². The molecule has 1 aliphatic heterocycles. The van der Waals surface area contributed by atoms with Gasteiger partial charge in [0.2, 0.25) is 0 Å². The van der Waals surface area contributed by atoms with E-state index in [0.717, 1.165) is 11.3 Å². The smallest absolute Gasteiger partial charge is 0.0922 e. The highest BCUT2D eigenvalue weighted by molar-refractivity contribution is 8.07. The van der Waals surface area contributed by atoms with Crippen molar-refractivity contribution in [1.29, 1.82) is 0 Å². The lowest BCUT2D eigenvalue weighted by Gasteiger charge is -2.34. The van der Waals surface area contributed by atoms with Crippen molar-refractivity contribution in [2.24, 2.45) is 0 Å². The maximum atomic E-state index is 10.8. The fourth-order valence-electron chi connectivity index (χ4n) is 2.68. The van der Waals surface area contributed by atoms with E-state index >= 15 is 0 Å². The molecule has 1 fully saturated rings. The van der Waals surface area contributed by atoms with Crippen molar-refractivity contribution >= 4 is 34.3 Å². The molecule has 4 atom stereocenters. The molecular weight excluding hydrogens is 284 g/mol. The van der Waals surface area contributed by atoms with E-state index in [1.807, 2.05) is 41.7 Å². The van der Waals surface area contributed by atoms with Gasteiger partial charge in [0.1, 0.15) is 0 Å². The molecule has 1 N–H and O–H groups in total. The molecule has 1 aliphatic rings. The van der Waals surface area contributed by atoms with E-state index < -0.39 is 0 Å². The minimum absolute atomic E-state index is 0.289. The highest BCUT2D eigenvalue weighted by atomic mass is 32.2. The molecule has 0 spiro atoms. The van der Waals surface area contributed by atoms with Gasteiger partial charge in [-0.1, -0.05) is 56.3 Å². The number of aliphatic hydroxyl groups excluding tert-OH is 1. The van der Waals surface area contributed by atoms with Gasteiger partial charge in [0, 0.05) is 21.5 Å². The summed E-state index contributed by atoms with van der Waals surface area (Å²) in [5.74, 6) is 1.03. The number of rotatable bonds is 2. The molecule has 0 radical (unpaired) electrons. The van der Waals surface area contributed by atoms with E-state index in [-0.39, 0.29) is 11.4 Å². The molecule has 106 valence electrons. The van der Waals surface area contributed by atoms with E-state index in [2.05, 4.69) is 38.1 Å². The van der Waals surface area contributed by atoms with E-state index in [1.54, 1.807) is 0 Å². The summed E-state index contributed by atoms with van der Waals surface area (Å²) in [5, 5.41) is 14.8. The monoisotopic (exact) mass is 304 g/mol. The van der Waals surface area contributed by atoms with Gasteiger partial charge in [-0.05, 0) is 16.3 Å². The van der Waals surface area contributed by atoms with Gasteiger partial charge in [0.25, 0.3) is 0 Å². The molecule has 2 aromatic carbocycles. The lowest BCUT2D eigenvalue weighted by atomic mass is 9.99. The van der Waals surface area contributed by atoms with Crippen molar-refractivity contribution < 1.29 is 5.11 Å². The van der Waals surface area contributed by atoms with Crippen LogP contribution in [0.25, 0.3) is 10.8 Å². The average molecular weight is 304 g/mol. The standard InChI is InChI=1S/C17H20OS2/c1-11-12(2)20-16(10-19-11)17(18)15-9-5-7-13-6-3-4-8-14(13)15/h3-9,11-12,16-18H,10H2,1-2H3. The Kier molecular flexibility index (Phi) is 4.29. The van der Waals surface area contributed by atoms with Crippen molar-refractivity contribution in [3.63, 3.8) is 0 Å². The van der Waals surface area contributed by atoms with Crippen LogP contribution >= 0.6 is 23.5 Å². The fraction of sp³-hybridized carbons (Fsp3) is 0.412. The number of hydrogen-bond donors (Lipinski definition) is 1. The molecule has 3 rings (SSSR count). The van der Waals surface area contributed by atoms with Crippen LogP contribution in [-0.2, 0) is 0 Å². The van der Waals surface area contributed by atoms with E-state index in [1.165, 1.54) is 10.8 Å². The summed E-state index contributed by atoms with van der Waals surface area (Å²) in [7, 11) is 0. The van der Waals surface area contributed by atoms with Crippen LogP contribution in [0.4, 0.5) is 0 Å². The molecule has 0 bridgehead atoms. The third-order valence-corrected chi connectivity index (χ3v) is 7.55. The minimum Gasteiger partial charge on any atom is -0.387 e. The van der Waals surface area contributed by atoms with Crippen LogP contribution in [0.2, 0.25) is 0 Å².